The van der Waals surface area contributed by atoms with Crippen LogP contribution in [-0.2, 0) is 6.04 Å². The van der Waals surface area contributed by atoms with Gasteiger partial charge in [0.2, 0.25) is 0 Å². The predicted octanol–water partition coefficient (Wildman–Crippen LogP) is 4.19. The Morgan fingerprint density at radius 1 is 1.11 bits per heavy atom. The highest BCUT2D eigenvalue weighted by atomic mass is 35.5. The predicted molar refractivity (Wildman–Crippen MR) is 85.6 cm³/mol. The quantitative estimate of drug-likeness (QED) is 0.754. The fraction of sp³-hybridized carbons (Fsp3) is 0.571. The zero-order chi connectivity index (χ0) is 12.3. The summed E-state index contributed by atoms with van der Waals surface area (Å²) >= 11 is 5.92. The van der Waals surface area contributed by atoms with Crippen LogP contribution >= 0.6 is 24.0 Å². The van der Waals surface area contributed by atoms with E-state index in [1.54, 1.807) is 0 Å². The zero-order valence-corrected chi connectivity index (χ0v) is 13.9. The highest BCUT2D eigenvalue weighted by Crippen LogP contribution is 2.18. The lowest BCUT2D eigenvalue weighted by Gasteiger charge is -2.28. The van der Waals surface area contributed by atoms with Gasteiger partial charge in [0.25, 0.3) is 0 Å². The van der Waals surface area contributed by atoms with Crippen molar-refractivity contribution in [3.8, 4) is 0 Å². The fourth-order valence-electron chi connectivity index (χ4n) is 2.76. The van der Waals surface area contributed by atoms with Gasteiger partial charge in [-0.1, -0.05) is 42.4 Å². The Morgan fingerprint density at radius 2 is 1.67 bits per heavy atom. The first kappa shape index (κ1) is 16.0. The minimum atomic E-state index is -1.14. The van der Waals surface area contributed by atoms with Gasteiger partial charge in [0.15, 0.2) is 0 Å². The highest BCUT2D eigenvalue weighted by Gasteiger charge is 2.25. The first-order valence-corrected chi connectivity index (χ1v) is 10.3. The molecule has 0 unspecified atom stereocenters. The minimum absolute atomic E-state index is 0. The number of hydrogen-bond acceptors (Lipinski definition) is 1. The van der Waals surface area contributed by atoms with Gasteiger partial charge in [0.1, 0.15) is 0 Å². The van der Waals surface area contributed by atoms with Crippen molar-refractivity contribution in [1.82, 2.24) is 4.90 Å². The summed E-state index contributed by atoms with van der Waals surface area (Å²) in [4.78, 5) is 2.65. The molecule has 0 amide bonds. The van der Waals surface area contributed by atoms with Crippen LogP contribution in [0.15, 0.2) is 24.3 Å². The molecule has 0 aromatic heterocycles. The molecule has 1 aromatic rings. The van der Waals surface area contributed by atoms with Crippen molar-refractivity contribution in [3.63, 3.8) is 0 Å². The molecule has 0 spiro atoms. The Hall–Kier alpha value is -0.0231. The summed E-state index contributed by atoms with van der Waals surface area (Å²) < 4.78 is 0. The van der Waals surface area contributed by atoms with Crippen LogP contribution in [-0.4, -0.2) is 32.2 Å². The van der Waals surface area contributed by atoms with Gasteiger partial charge in [-0.2, -0.15) is 0 Å². The maximum absolute atomic E-state index is 5.92. The molecule has 0 atom stereocenters. The van der Waals surface area contributed by atoms with Crippen molar-refractivity contribution in [2.24, 2.45) is 0 Å². The first-order chi connectivity index (χ1) is 8.05. The number of rotatable bonds is 4. The molecule has 0 N–H and O–H groups in total. The molecule has 1 nitrogen and oxygen atoms in total. The van der Waals surface area contributed by atoms with Gasteiger partial charge < -0.3 is 4.90 Å². The number of halogens is 2. The molecule has 1 aliphatic rings. The van der Waals surface area contributed by atoms with E-state index in [-0.39, 0.29) is 12.4 Å². The summed E-state index contributed by atoms with van der Waals surface area (Å²) in [5.41, 5.74) is 1.45. The standard InChI is InChI=1S/C14H22ClNSi.ClH/c1-17(2,12-16-9-3-4-10-16)11-13-5-7-14(15)8-6-13;/h5-8H,3-4,9-12H2,1-2H3;1H. The van der Waals surface area contributed by atoms with Crippen LogP contribution in [0.5, 0.6) is 0 Å². The Balaban J connectivity index is 0.00000162. The van der Waals surface area contributed by atoms with Crippen LogP contribution in [0.2, 0.25) is 18.1 Å². The van der Waals surface area contributed by atoms with Crippen LogP contribution in [0.3, 0.4) is 0 Å². The Labute approximate surface area is 123 Å². The summed E-state index contributed by atoms with van der Waals surface area (Å²) in [5.74, 6) is 0. The Kier molecular flexibility index (Phi) is 6.19. The van der Waals surface area contributed by atoms with Crippen LogP contribution < -0.4 is 0 Å². The molecule has 4 heteroatoms. The second-order valence-corrected chi connectivity index (χ2v) is 11.4. The van der Waals surface area contributed by atoms with Crippen molar-refractivity contribution in [3.05, 3.63) is 34.9 Å². The molecule has 1 aromatic carbocycles. The van der Waals surface area contributed by atoms with Gasteiger partial charge in [-0.15, -0.1) is 12.4 Å². The van der Waals surface area contributed by atoms with E-state index in [9.17, 15) is 0 Å². The maximum Gasteiger partial charge on any atom is 0.0672 e. The van der Waals surface area contributed by atoms with Gasteiger partial charge in [0, 0.05) is 5.02 Å². The largest absolute Gasteiger partial charge is 0.306 e. The molecule has 0 bridgehead atoms. The SMILES string of the molecule is C[Si](C)(Cc1ccc(Cl)cc1)CN1CCCC1.Cl. The van der Waals surface area contributed by atoms with Crippen LogP contribution in [0.25, 0.3) is 0 Å². The van der Waals surface area contributed by atoms with Crippen molar-refractivity contribution < 1.29 is 0 Å². The fourth-order valence-corrected chi connectivity index (χ4v) is 5.86. The minimum Gasteiger partial charge on any atom is -0.306 e. The number of hydrogen-bond donors (Lipinski definition) is 0. The van der Waals surface area contributed by atoms with Crippen molar-refractivity contribution in [2.45, 2.75) is 32.0 Å². The van der Waals surface area contributed by atoms with E-state index in [1.165, 1.54) is 43.7 Å². The van der Waals surface area contributed by atoms with Crippen molar-refractivity contribution >= 4 is 32.1 Å². The second-order valence-electron chi connectivity index (χ2n) is 5.95. The van der Waals surface area contributed by atoms with E-state index in [4.69, 9.17) is 11.6 Å². The molecular weight excluding hydrogens is 281 g/mol. The smallest absolute Gasteiger partial charge is 0.0672 e. The van der Waals surface area contributed by atoms with Gasteiger partial charge in [-0.05, 0) is 50.3 Å². The average molecular weight is 304 g/mol. The molecule has 2 rings (SSSR count). The van der Waals surface area contributed by atoms with Gasteiger partial charge in [0.05, 0.1) is 8.07 Å². The number of benzene rings is 1. The molecular formula is C14H23Cl2NSi. The molecule has 1 saturated heterocycles. The lowest BCUT2D eigenvalue weighted by Crippen LogP contribution is -2.43. The van der Waals surface area contributed by atoms with Gasteiger partial charge in [-0.25, -0.2) is 0 Å². The molecule has 0 aliphatic carbocycles. The third-order valence-electron chi connectivity index (χ3n) is 3.45. The number of nitrogens with zero attached hydrogens (tertiary/aromatic N) is 1. The molecule has 1 aliphatic heterocycles. The Morgan fingerprint density at radius 3 is 2.22 bits per heavy atom. The van der Waals surface area contributed by atoms with E-state index in [0.29, 0.717) is 0 Å². The molecule has 102 valence electrons. The molecule has 18 heavy (non-hydrogen) atoms. The average Bonchev–Trinajstić information content (AvgIpc) is 2.73. The van der Waals surface area contributed by atoms with Crippen LogP contribution in [0.1, 0.15) is 18.4 Å². The Bertz CT molecular complexity index is 359. The summed E-state index contributed by atoms with van der Waals surface area (Å²) in [5, 5.41) is 0.841. The monoisotopic (exact) mass is 303 g/mol. The second kappa shape index (κ2) is 6.95. The van der Waals surface area contributed by atoms with E-state index in [1.807, 2.05) is 12.1 Å². The van der Waals surface area contributed by atoms with E-state index in [2.05, 4.69) is 30.1 Å². The molecule has 1 heterocycles. The molecule has 1 fully saturated rings. The van der Waals surface area contributed by atoms with Crippen LogP contribution in [0, 0.1) is 0 Å². The summed E-state index contributed by atoms with van der Waals surface area (Å²) in [7, 11) is -1.14. The maximum atomic E-state index is 5.92. The summed E-state index contributed by atoms with van der Waals surface area (Å²) in [6.45, 7) is 7.63. The van der Waals surface area contributed by atoms with Crippen molar-refractivity contribution in [2.75, 3.05) is 19.3 Å². The molecule has 0 saturated carbocycles. The van der Waals surface area contributed by atoms with E-state index < -0.39 is 8.07 Å². The summed E-state index contributed by atoms with van der Waals surface area (Å²) in [6, 6.07) is 9.65. The third kappa shape index (κ3) is 4.92. The van der Waals surface area contributed by atoms with E-state index in [0.717, 1.165) is 5.02 Å². The first-order valence-electron chi connectivity index (χ1n) is 6.52. The van der Waals surface area contributed by atoms with E-state index >= 15 is 0 Å². The van der Waals surface area contributed by atoms with Crippen molar-refractivity contribution in [1.29, 1.82) is 0 Å². The summed E-state index contributed by atoms with van der Waals surface area (Å²) in [6.07, 6.45) is 4.13. The lowest BCUT2D eigenvalue weighted by atomic mass is 10.2. The van der Waals surface area contributed by atoms with Gasteiger partial charge >= 0.3 is 0 Å². The molecule has 0 radical (unpaired) electrons. The highest BCUT2D eigenvalue weighted by molar-refractivity contribution is 6.77. The third-order valence-corrected chi connectivity index (χ3v) is 6.37. The number of likely N-dealkylation sites (tertiary alicyclic amines) is 1. The normalized spacial score (nSPS) is 16.6. The topological polar surface area (TPSA) is 3.24 Å². The lowest BCUT2D eigenvalue weighted by molar-refractivity contribution is 0.388. The van der Waals surface area contributed by atoms with Crippen LogP contribution in [0.4, 0.5) is 0 Å². The van der Waals surface area contributed by atoms with Gasteiger partial charge in [-0.3, -0.25) is 0 Å². The zero-order valence-electron chi connectivity index (χ0n) is 11.3.